The first-order valence-corrected chi connectivity index (χ1v) is 6.13. The highest BCUT2D eigenvalue weighted by Gasteiger charge is 2.12. The zero-order chi connectivity index (χ0) is 14.1. The summed E-state index contributed by atoms with van der Waals surface area (Å²) in [6.45, 7) is -0.172. The Hall–Kier alpha value is -1.48. The van der Waals surface area contributed by atoms with E-state index in [-0.39, 0.29) is 6.54 Å². The molecule has 0 amide bonds. The highest BCUT2D eigenvalue weighted by Crippen LogP contribution is 2.01. The molecule has 1 atom stereocenters. The van der Waals surface area contributed by atoms with E-state index in [1.165, 1.54) is 23.9 Å². The van der Waals surface area contributed by atoms with Gasteiger partial charge in [0.25, 0.3) is 0 Å². The van der Waals surface area contributed by atoms with Crippen molar-refractivity contribution in [3.8, 4) is 0 Å². The molecule has 0 unspecified atom stereocenters. The number of likely N-dealkylation sites (N-methyl/N-ethyl adjacent to an activating group) is 1. The first kappa shape index (κ1) is 16.5. The van der Waals surface area contributed by atoms with E-state index in [2.05, 4.69) is 9.71 Å². The number of nitrogens with one attached hydrogen (secondary N) is 1. The summed E-state index contributed by atoms with van der Waals surface area (Å²) in [4.78, 5) is 26.3. The van der Waals surface area contributed by atoms with Crippen LogP contribution in [0.5, 0.6) is 0 Å². The molecule has 0 bridgehead atoms. The predicted octanol–water partition coefficient (Wildman–Crippen LogP) is -0.972. The average Bonchev–Trinajstić information content (AvgIpc) is 2.27. The molecule has 5 N–H and O–H groups in total. The van der Waals surface area contributed by atoms with Crippen molar-refractivity contribution in [1.82, 2.24) is 9.62 Å². The van der Waals surface area contributed by atoms with E-state index >= 15 is 0 Å². The van der Waals surface area contributed by atoms with Crippen LogP contribution < -0.4 is 10.5 Å². The smallest absolute Gasteiger partial charge is 0.323 e. The number of rotatable bonds is 7. The highest BCUT2D eigenvalue weighted by atomic mass is 32.2. The van der Waals surface area contributed by atoms with Crippen molar-refractivity contribution in [2.75, 3.05) is 26.4 Å². The maximum absolute atomic E-state index is 10.5. The summed E-state index contributed by atoms with van der Waals surface area (Å²) in [5.74, 6) is -1.11. The van der Waals surface area contributed by atoms with Crippen molar-refractivity contribution >= 4 is 29.8 Å². The van der Waals surface area contributed by atoms with Crippen LogP contribution in [0.3, 0.4) is 0 Å². The van der Waals surface area contributed by atoms with Crippen LogP contribution in [0.4, 0.5) is 0 Å². The monoisotopic (exact) mass is 278 g/mol. The minimum Gasteiger partial charge on any atom is -0.480 e. The van der Waals surface area contributed by atoms with Gasteiger partial charge in [-0.05, 0) is 6.42 Å². The van der Waals surface area contributed by atoms with E-state index in [1.807, 2.05) is 0 Å². The van der Waals surface area contributed by atoms with Crippen molar-refractivity contribution in [2.45, 2.75) is 12.5 Å². The minimum atomic E-state index is -1.04. The van der Waals surface area contributed by atoms with Crippen LogP contribution in [0.25, 0.3) is 0 Å². The van der Waals surface area contributed by atoms with Crippen molar-refractivity contribution in [1.29, 1.82) is 0 Å². The number of nitrogens with two attached hydrogens (primary N) is 1. The van der Waals surface area contributed by atoms with Crippen LogP contribution in [0.1, 0.15) is 6.42 Å². The number of carboxylic acids is 2. The number of guanidine groups is 1. The van der Waals surface area contributed by atoms with E-state index in [0.29, 0.717) is 18.1 Å². The average molecular weight is 278 g/mol. The summed E-state index contributed by atoms with van der Waals surface area (Å²) in [7, 11) is 3.12. The Morgan fingerprint density at radius 1 is 1.50 bits per heavy atom. The molecule has 0 saturated carbocycles. The number of carbonyl (C=O) groups is 2. The summed E-state index contributed by atoms with van der Waals surface area (Å²) in [5.41, 5.74) is 5.33. The normalized spacial score (nSPS) is 12.9. The second-order valence-electron chi connectivity index (χ2n) is 3.48. The zero-order valence-corrected chi connectivity index (χ0v) is 11.1. The van der Waals surface area contributed by atoms with Crippen molar-refractivity contribution in [2.24, 2.45) is 10.7 Å². The number of hydrogen-bond acceptors (Lipinski definition) is 5. The zero-order valence-electron chi connectivity index (χ0n) is 10.3. The van der Waals surface area contributed by atoms with Gasteiger partial charge in [0.05, 0.1) is 0 Å². The first-order valence-electron chi connectivity index (χ1n) is 5.14. The highest BCUT2D eigenvalue weighted by molar-refractivity contribution is 7.97. The lowest BCUT2D eigenvalue weighted by atomic mass is 10.2. The van der Waals surface area contributed by atoms with Gasteiger partial charge in [0, 0.05) is 19.8 Å². The molecule has 0 aliphatic carbocycles. The lowest BCUT2D eigenvalue weighted by Crippen LogP contribution is -2.39. The van der Waals surface area contributed by atoms with Gasteiger partial charge >= 0.3 is 11.9 Å². The Morgan fingerprint density at radius 2 is 2.11 bits per heavy atom. The predicted molar refractivity (Wildman–Crippen MR) is 69.4 cm³/mol. The molecule has 0 fully saturated rings. The van der Waals surface area contributed by atoms with Crippen LogP contribution in [0.2, 0.25) is 0 Å². The van der Waals surface area contributed by atoms with Crippen molar-refractivity contribution < 1.29 is 19.8 Å². The van der Waals surface area contributed by atoms with E-state index in [9.17, 15) is 9.59 Å². The third-order valence-corrected chi connectivity index (χ3v) is 2.72. The fourth-order valence-corrected chi connectivity index (χ4v) is 1.85. The molecular formula is C9H18N4O4S. The maximum Gasteiger partial charge on any atom is 0.323 e. The van der Waals surface area contributed by atoms with Gasteiger partial charge < -0.3 is 25.6 Å². The molecule has 0 heterocycles. The molecule has 0 aliphatic rings. The minimum absolute atomic E-state index is 0.172. The third kappa shape index (κ3) is 6.97. The second-order valence-corrected chi connectivity index (χ2v) is 4.38. The van der Waals surface area contributed by atoms with Crippen LogP contribution in [-0.4, -0.2) is 65.4 Å². The standard InChI is InChI=1S/C9H18N4O4S/c1-11-9(13(2)5-7(14)15)12-18-4-3-6(10)8(16)17/h6H,3-5,10H2,1-2H3,(H,11,12)(H,14,15)(H,16,17)/t6-/m1/s1. The van der Waals surface area contributed by atoms with Crippen LogP contribution in [-0.2, 0) is 9.59 Å². The van der Waals surface area contributed by atoms with Gasteiger partial charge in [0.2, 0.25) is 5.96 Å². The molecule has 0 aromatic carbocycles. The molecule has 104 valence electrons. The van der Waals surface area contributed by atoms with Gasteiger partial charge in [-0.3, -0.25) is 14.6 Å². The fourth-order valence-electron chi connectivity index (χ4n) is 0.997. The Labute approximate surface area is 109 Å². The molecule has 0 radical (unpaired) electrons. The lowest BCUT2D eigenvalue weighted by Gasteiger charge is -2.19. The molecule has 18 heavy (non-hydrogen) atoms. The second kappa shape index (κ2) is 8.59. The Morgan fingerprint density at radius 3 is 2.56 bits per heavy atom. The molecule has 0 spiro atoms. The first-order chi connectivity index (χ1) is 8.38. The van der Waals surface area contributed by atoms with Gasteiger partial charge in [-0.15, -0.1) is 0 Å². The van der Waals surface area contributed by atoms with E-state index in [0.717, 1.165) is 0 Å². The van der Waals surface area contributed by atoms with Gasteiger partial charge in [0.1, 0.15) is 12.6 Å². The molecule has 0 rings (SSSR count). The number of aliphatic carboxylic acids is 2. The van der Waals surface area contributed by atoms with Gasteiger partial charge in [-0.25, -0.2) is 0 Å². The maximum atomic E-state index is 10.5. The van der Waals surface area contributed by atoms with Gasteiger partial charge in [0.15, 0.2) is 0 Å². The van der Waals surface area contributed by atoms with Crippen molar-refractivity contribution in [3.05, 3.63) is 0 Å². The third-order valence-electron chi connectivity index (χ3n) is 1.96. The van der Waals surface area contributed by atoms with Crippen molar-refractivity contribution in [3.63, 3.8) is 0 Å². The van der Waals surface area contributed by atoms with E-state index in [4.69, 9.17) is 15.9 Å². The quantitative estimate of drug-likeness (QED) is 0.203. The summed E-state index contributed by atoms with van der Waals surface area (Å²) >= 11 is 1.23. The van der Waals surface area contributed by atoms with Crippen LogP contribution in [0.15, 0.2) is 4.99 Å². The number of aliphatic imine (C=N–C) groups is 1. The summed E-state index contributed by atoms with van der Waals surface area (Å²) < 4.78 is 2.85. The summed E-state index contributed by atoms with van der Waals surface area (Å²) in [6, 6.07) is -0.891. The number of carboxylic acid groups (broad SMARTS) is 2. The van der Waals surface area contributed by atoms with E-state index in [1.54, 1.807) is 7.05 Å². The lowest BCUT2D eigenvalue weighted by molar-refractivity contribution is -0.139. The molecule has 0 saturated heterocycles. The molecule has 9 heteroatoms. The SMILES string of the molecule is CN=C(NSCC[C@@H](N)C(=O)O)N(C)CC(=O)O. The molecule has 0 aliphatic heterocycles. The Bertz CT molecular complexity index is 324. The molecule has 0 aromatic rings. The number of hydrogen-bond donors (Lipinski definition) is 4. The van der Waals surface area contributed by atoms with Crippen LogP contribution >= 0.6 is 11.9 Å². The molecule has 0 aromatic heterocycles. The number of nitrogens with zero attached hydrogens (tertiary/aromatic N) is 2. The Balaban J connectivity index is 3.95. The van der Waals surface area contributed by atoms with Crippen LogP contribution in [0, 0.1) is 0 Å². The largest absolute Gasteiger partial charge is 0.480 e. The van der Waals surface area contributed by atoms with Gasteiger partial charge in [-0.1, -0.05) is 11.9 Å². The molecular weight excluding hydrogens is 260 g/mol. The fraction of sp³-hybridized carbons (Fsp3) is 0.667. The summed E-state index contributed by atoms with van der Waals surface area (Å²) in [6.07, 6.45) is 0.312. The van der Waals surface area contributed by atoms with E-state index < -0.39 is 18.0 Å². The Kier molecular flexibility index (Phi) is 7.88. The van der Waals surface area contributed by atoms with Gasteiger partial charge in [-0.2, -0.15) is 0 Å². The summed E-state index contributed by atoms with van der Waals surface area (Å²) in [5, 5.41) is 17.2. The topological polar surface area (TPSA) is 128 Å². The molecule has 8 nitrogen and oxygen atoms in total.